The summed E-state index contributed by atoms with van der Waals surface area (Å²) >= 11 is 6.26. The minimum absolute atomic E-state index is 0.263. The summed E-state index contributed by atoms with van der Waals surface area (Å²) in [7, 11) is 0. The highest BCUT2D eigenvalue weighted by Gasteiger charge is 2.38. The lowest BCUT2D eigenvalue weighted by Gasteiger charge is -2.26. The Kier molecular flexibility index (Phi) is 2.26. The van der Waals surface area contributed by atoms with Gasteiger partial charge in [0.15, 0.2) is 11.5 Å². The van der Waals surface area contributed by atoms with E-state index < -0.39 is 0 Å². The van der Waals surface area contributed by atoms with Gasteiger partial charge in [0.05, 0.1) is 0 Å². The molecule has 0 atom stereocenters. The maximum atomic E-state index is 6.43. The lowest BCUT2D eigenvalue weighted by atomic mass is 9.88. The Hall–Kier alpha value is -0.930. The summed E-state index contributed by atoms with van der Waals surface area (Å²) in [6, 6.07) is 3.68. The molecule has 1 aliphatic heterocycles. The van der Waals surface area contributed by atoms with Gasteiger partial charge in [0.25, 0.3) is 0 Å². The smallest absolute Gasteiger partial charge is 0.231 e. The van der Waals surface area contributed by atoms with Crippen molar-refractivity contribution >= 4 is 11.6 Å². The molecular formula is C12H14ClNO2. The second kappa shape index (κ2) is 3.54. The first-order chi connectivity index (χ1) is 7.71. The van der Waals surface area contributed by atoms with E-state index in [0.29, 0.717) is 5.02 Å². The van der Waals surface area contributed by atoms with Crippen LogP contribution in [0.3, 0.4) is 0 Å². The number of rotatable bonds is 1. The predicted molar refractivity (Wildman–Crippen MR) is 61.9 cm³/mol. The molecule has 0 bridgehead atoms. The Balaban J connectivity index is 2.15. The van der Waals surface area contributed by atoms with Crippen molar-refractivity contribution in [3.8, 4) is 11.5 Å². The van der Waals surface area contributed by atoms with E-state index in [2.05, 4.69) is 0 Å². The molecule has 86 valence electrons. The molecule has 1 aromatic carbocycles. The average Bonchev–Trinajstić information content (AvgIpc) is 2.86. The van der Waals surface area contributed by atoms with Crippen LogP contribution >= 0.6 is 11.6 Å². The molecular weight excluding hydrogens is 226 g/mol. The predicted octanol–water partition coefficient (Wildman–Crippen LogP) is 2.80. The Bertz CT molecular complexity index is 427. The fourth-order valence-electron chi connectivity index (χ4n) is 2.67. The fourth-order valence-corrected chi connectivity index (χ4v) is 3.01. The van der Waals surface area contributed by atoms with E-state index >= 15 is 0 Å². The molecule has 1 fully saturated rings. The normalized spacial score (nSPS) is 21.4. The number of ether oxygens (including phenoxy) is 2. The van der Waals surface area contributed by atoms with Gasteiger partial charge in [-0.25, -0.2) is 0 Å². The number of hydrogen-bond donors (Lipinski definition) is 1. The Morgan fingerprint density at radius 3 is 2.69 bits per heavy atom. The van der Waals surface area contributed by atoms with Crippen LogP contribution in [-0.4, -0.2) is 6.79 Å². The minimum Gasteiger partial charge on any atom is -0.454 e. The largest absolute Gasteiger partial charge is 0.454 e. The third-order valence-electron chi connectivity index (χ3n) is 3.48. The molecule has 3 nitrogen and oxygen atoms in total. The summed E-state index contributed by atoms with van der Waals surface area (Å²) in [5.41, 5.74) is 7.03. The van der Waals surface area contributed by atoms with Crippen LogP contribution in [0.5, 0.6) is 11.5 Å². The first-order valence-electron chi connectivity index (χ1n) is 5.58. The zero-order valence-corrected chi connectivity index (χ0v) is 9.72. The first kappa shape index (κ1) is 10.2. The summed E-state index contributed by atoms with van der Waals surface area (Å²) in [5, 5.41) is 0.689. The molecule has 1 heterocycles. The first-order valence-corrected chi connectivity index (χ1v) is 5.96. The molecule has 1 saturated carbocycles. The zero-order chi connectivity index (χ0) is 11.2. The maximum Gasteiger partial charge on any atom is 0.231 e. The van der Waals surface area contributed by atoms with Crippen LogP contribution in [0, 0.1) is 0 Å². The molecule has 3 rings (SSSR count). The second-order valence-corrected chi connectivity index (χ2v) is 4.93. The highest BCUT2D eigenvalue weighted by molar-refractivity contribution is 6.31. The van der Waals surface area contributed by atoms with Gasteiger partial charge in [0.1, 0.15) is 0 Å². The highest BCUT2D eigenvalue weighted by Crippen LogP contribution is 2.49. The monoisotopic (exact) mass is 239 g/mol. The van der Waals surface area contributed by atoms with Crippen molar-refractivity contribution in [1.82, 2.24) is 0 Å². The Morgan fingerprint density at radius 2 is 1.94 bits per heavy atom. The molecule has 0 saturated heterocycles. The van der Waals surface area contributed by atoms with Crippen molar-refractivity contribution in [2.75, 3.05) is 6.79 Å². The van der Waals surface area contributed by atoms with Crippen LogP contribution in [0.4, 0.5) is 0 Å². The molecule has 0 aromatic heterocycles. The molecule has 16 heavy (non-hydrogen) atoms. The molecule has 1 aromatic rings. The van der Waals surface area contributed by atoms with Crippen molar-refractivity contribution in [2.45, 2.75) is 31.2 Å². The van der Waals surface area contributed by atoms with E-state index in [4.69, 9.17) is 26.8 Å². The van der Waals surface area contributed by atoms with Crippen LogP contribution in [0.1, 0.15) is 31.2 Å². The lowest BCUT2D eigenvalue weighted by molar-refractivity contribution is 0.172. The summed E-state index contributed by atoms with van der Waals surface area (Å²) in [4.78, 5) is 0. The van der Waals surface area contributed by atoms with Gasteiger partial charge >= 0.3 is 0 Å². The SMILES string of the molecule is NC1(c2c(Cl)ccc3c2OCO3)CCCC1. The van der Waals surface area contributed by atoms with Crippen LogP contribution in [0.25, 0.3) is 0 Å². The number of halogens is 1. The van der Waals surface area contributed by atoms with Gasteiger partial charge in [0, 0.05) is 16.1 Å². The van der Waals surface area contributed by atoms with Crippen LogP contribution in [-0.2, 0) is 5.54 Å². The number of nitrogens with two attached hydrogens (primary N) is 1. The summed E-state index contributed by atoms with van der Waals surface area (Å²) < 4.78 is 10.9. The Morgan fingerprint density at radius 1 is 1.19 bits per heavy atom. The number of benzene rings is 1. The van der Waals surface area contributed by atoms with Crippen molar-refractivity contribution in [3.63, 3.8) is 0 Å². The van der Waals surface area contributed by atoms with Crippen molar-refractivity contribution in [2.24, 2.45) is 5.73 Å². The van der Waals surface area contributed by atoms with E-state index in [1.807, 2.05) is 12.1 Å². The molecule has 1 aliphatic carbocycles. The third kappa shape index (κ3) is 1.39. The number of hydrogen-bond acceptors (Lipinski definition) is 3. The summed E-state index contributed by atoms with van der Waals surface area (Å²) in [6.07, 6.45) is 4.23. The van der Waals surface area contributed by atoms with E-state index in [1.165, 1.54) is 0 Å². The highest BCUT2D eigenvalue weighted by atomic mass is 35.5. The van der Waals surface area contributed by atoms with Crippen LogP contribution < -0.4 is 15.2 Å². The van der Waals surface area contributed by atoms with E-state index in [0.717, 1.165) is 42.7 Å². The van der Waals surface area contributed by atoms with Crippen molar-refractivity contribution < 1.29 is 9.47 Å². The van der Waals surface area contributed by atoms with Gasteiger partial charge in [-0.05, 0) is 25.0 Å². The lowest BCUT2D eigenvalue weighted by Crippen LogP contribution is -2.33. The van der Waals surface area contributed by atoms with Crippen LogP contribution in [0.15, 0.2) is 12.1 Å². The quantitative estimate of drug-likeness (QED) is 0.820. The summed E-state index contributed by atoms with van der Waals surface area (Å²) in [5.74, 6) is 1.51. The fraction of sp³-hybridized carbons (Fsp3) is 0.500. The Labute approximate surface area is 99.5 Å². The maximum absolute atomic E-state index is 6.43. The zero-order valence-electron chi connectivity index (χ0n) is 8.96. The molecule has 0 amide bonds. The van der Waals surface area contributed by atoms with E-state index in [1.54, 1.807) is 0 Å². The molecule has 4 heteroatoms. The molecule has 2 N–H and O–H groups in total. The van der Waals surface area contributed by atoms with Crippen LogP contribution in [0.2, 0.25) is 5.02 Å². The average molecular weight is 240 g/mol. The summed E-state index contributed by atoms with van der Waals surface area (Å²) in [6.45, 7) is 0.263. The topological polar surface area (TPSA) is 44.5 Å². The molecule has 0 spiro atoms. The molecule has 0 unspecified atom stereocenters. The van der Waals surface area contributed by atoms with Crippen molar-refractivity contribution in [1.29, 1.82) is 0 Å². The molecule has 2 aliphatic rings. The van der Waals surface area contributed by atoms with Gasteiger partial charge in [0.2, 0.25) is 6.79 Å². The molecule has 0 radical (unpaired) electrons. The number of fused-ring (bicyclic) bond motifs is 1. The standard InChI is InChI=1S/C12H14ClNO2/c13-8-3-4-9-11(16-7-15-9)10(8)12(14)5-1-2-6-12/h3-4H,1-2,5-7,14H2. The van der Waals surface area contributed by atoms with E-state index in [-0.39, 0.29) is 12.3 Å². The van der Waals surface area contributed by atoms with Gasteiger partial charge in [-0.3, -0.25) is 0 Å². The van der Waals surface area contributed by atoms with Gasteiger partial charge in [-0.15, -0.1) is 0 Å². The van der Waals surface area contributed by atoms with Crippen molar-refractivity contribution in [3.05, 3.63) is 22.7 Å². The van der Waals surface area contributed by atoms with Gasteiger partial charge < -0.3 is 15.2 Å². The van der Waals surface area contributed by atoms with E-state index in [9.17, 15) is 0 Å². The van der Waals surface area contributed by atoms with Gasteiger partial charge in [-0.2, -0.15) is 0 Å². The second-order valence-electron chi connectivity index (χ2n) is 4.52. The van der Waals surface area contributed by atoms with Gasteiger partial charge in [-0.1, -0.05) is 24.4 Å². The minimum atomic E-state index is -0.337. The third-order valence-corrected chi connectivity index (χ3v) is 3.80.